The van der Waals surface area contributed by atoms with Crippen LogP contribution in [-0.4, -0.2) is 34.9 Å². The molecule has 5 heteroatoms. The number of ether oxygens (including phenoxy) is 1. The Balaban J connectivity index is 1.91. The summed E-state index contributed by atoms with van der Waals surface area (Å²) in [5.74, 6) is -0.672. The van der Waals surface area contributed by atoms with Gasteiger partial charge in [0.25, 0.3) is 5.91 Å². The van der Waals surface area contributed by atoms with Crippen molar-refractivity contribution in [2.45, 2.75) is 37.6 Å². The van der Waals surface area contributed by atoms with Crippen LogP contribution >= 0.6 is 0 Å². The molecule has 2 heterocycles. The van der Waals surface area contributed by atoms with Gasteiger partial charge in [-0.1, -0.05) is 12.1 Å². The molecular weight excluding hydrogens is 249 g/mol. The van der Waals surface area contributed by atoms with Crippen molar-refractivity contribution in [3.63, 3.8) is 0 Å². The van der Waals surface area contributed by atoms with Crippen molar-refractivity contribution < 1.29 is 19.0 Å². The maximum Gasteiger partial charge on any atom is 0.280 e. The molecule has 19 heavy (non-hydrogen) atoms. The van der Waals surface area contributed by atoms with Gasteiger partial charge in [-0.05, 0) is 37.0 Å². The summed E-state index contributed by atoms with van der Waals surface area (Å²) >= 11 is 0. The van der Waals surface area contributed by atoms with Gasteiger partial charge in [-0.25, -0.2) is 4.39 Å². The van der Waals surface area contributed by atoms with Gasteiger partial charge in [0.05, 0.1) is 18.7 Å². The molecule has 2 aliphatic rings. The fraction of sp³-hybridized carbons (Fsp3) is 0.500. The Morgan fingerprint density at radius 3 is 2.74 bits per heavy atom. The Labute approximate surface area is 110 Å². The third-order valence-electron chi connectivity index (χ3n) is 3.91. The van der Waals surface area contributed by atoms with Gasteiger partial charge in [0.1, 0.15) is 5.82 Å². The van der Waals surface area contributed by atoms with Gasteiger partial charge in [-0.3, -0.25) is 4.79 Å². The number of halogens is 1. The average molecular weight is 265 g/mol. The van der Waals surface area contributed by atoms with Crippen molar-refractivity contribution >= 4 is 5.91 Å². The Bertz CT molecular complexity index is 476. The number of fused-ring (bicyclic) bond motifs is 1. The van der Waals surface area contributed by atoms with Crippen molar-refractivity contribution in [3.05, 3.63) is 35.6 Å². The lowest BCUT2D eigenvalue weighted by Gasteiger charge is -2.46. The number of carbonyl (C=O) groups excluding carboxylic acids is 1. The van der Waals surface area contributed by atoms with Crippen molar-refractivity contribution in [1.82, 2.24) is 4.90 Å². The van der Waals surface area contributed by atoms with Crippen LogP contribution in [0, 0.1) is 5.82 Å². The molecule has 2 aliphatic heterocycles. The standard InChI is InChI=1S/C14H16FNO3/c15-10-6-4-9(5-7-10)12-3-1-2-11-8-19-14(18)13(17)16(11)12/h4-7,11-12,14,18H,1-3,8H2. The number of amides is 1. The van der Waals surface area contributed by atoms with E-state index in [1.54, 1.807) is 17.0 Å². The van der Waals surface area contributed by atoms with Gasteiger partial charge in [-0.2, -0.15) is 0 Å². The van der Waals surface area contributed by atoms with Gasteiger partial charge >= 0.3 is 0 Å². The molecule has 1 N–H and O–H groups in total. The van der Waals surface area contributed by atoms with Crippen LogP contribution in [0.5, 0.6) is 0 Å². The second-order valence-corrected chi connectivity index (χ2v) is 5.08. The van der Waals surface area contributed by atoms with Crippen molar-refractivity contribution in [2.75, 3.05) is 6.61 Å². The van der Waals surface area contributed by atoms with E-state index >= 15 is 0 Å². The number of carbonyl (C=O) groups is 1. The molecule has 0 aliphatic carbocycles. The first kappa shape index (κ1) is 12.6. The number of nitrogens with zero attached hydrogens (tertiary/aromatic N) is 1. The molecule has 3 atom stereocenters. The van der Waals surface area contributed by atoms with E-state index in [0.717, 1.165) is 24.8 Å². The third-order valence-corrected chi connectivity index (χ3v) is 3.91. The molecule has 102 valence electrons. The summed E-state index contributed by atoms with van der Waals surface area (Å²) in [5, 5.41) is 9.55. The predicted octanol–water partition coefficient (Wildman–Crippen LogP) is 1.60. The maximum absolute atomic E-state index is 13.0. The highest BCUT2D eigenvalue weighted by Crippen LogP contribution is 2.36. The van der Waals surface area contributed by atoms with Crippen LogP contribution in [0.4, 0.5) is 4.39 Å². The lowest BCUT2D eigenvalue weighted by atomic mass is 9.90. The number of aliphatic hydroxyl groups is 1. The molecular formula is C14H16FNO3. The Hall–Kier alpha value is -1.46. The molecule has 3 unspecified atom stereocenters. The minimum Gasteiger partial charge on any atom is -0.361 e. The smallest absolute Gasteiger partial charge is 0.280 e. The van der Waals surface area contributed by atoms with Crippen LogP contribution in [0.3, 0.4) is 0 Å². The molecule has 0 bridgehead atoms. The van der Waals surface area contributed by atoms with E-state index in [-0.39, 0.29) is 23.8 Å². The molecule has 0 aromatic heterocycles. The minimum absolute atomic E-state index is 0.0136. The molecule has 1 amide bonds. The van der Waals surface area contributed by atoms with E-state index in [2.05, 4.69) is 0 Å². The molecule has 1 aromatic carbocycles. The second-order valence-electron chi connectivity index (χ2n) is 5.08. The Morgan fingerprint density at radius 1 is 1.26 bits per heavy atom. The van der Waals surface area contributed by atoms with Crippen LogP contribution in [0.2, 0.25) is 0 Å². The first-order chi connectivity index (χ1) is 9.16. The summed E-state index contributed by atoms with van der Waals surface area (Å²) in [6.45, 7) is 0.366. The SMILES string of the molecule is O=C1C(O)OCC2CCCC(c3ccc(F)cc3)N12. The highest BCUT2D eigenvalue weighted by Gasteiger charge is 2.41. The third kappa shape index (κ3) is 2.24. The first-order valence-corrected chi connectivity index (χ1v) is 6.54. The maximum atomic E-state index is 13.0. The highest BCUT2D eigenvalue weighted by molar-refractivity contribution is 5.81. The predicted molar refractivity (Wildman–Crippen MR) is 65.6 cm³/mol. The summed E-state index contributed by atoms with van der Waals surface area (Å²) in [6.07, 6.45) is 1.35. The zero-order chi connectivity index (χ0) is 13.4. The van der Waals surface area contributed by atoms with Gasteiger partial charge < -0.3 is 14.7 Å². The number of piperidine rings is 1. The summed E-state index contributed by atoms with van der Waals surface area (Å²) in [6, 6.07) is 6.14. The number of hydrogen-bond donors (Lipinski definition) is 1. The monoisotopic (exact) mass is 265 g/mol. The van der Waals surface area contributed by atoms with E-state index in [9.17, 15) is 14.3 Å². The Kier molecular flexibility index (Phi) is 3.24. The van der Waals surface area contributed by atoms with Gasteiger partial charge in [0.2, 0.25) is 6.29 Å². The van der Waals surface area contributed by atoms with Gasteiger partial charge in [0.15, 0.2) is 0 Å². The number of benzene rings is 1. The number of rotatable bonds is 1. The molecule has 0 saturated carbocycles. The highest BCUT2D eigenvalue weighted by atomic mass is 19.1. The Morgan fingerprint density at radius 2 is 2.00 bits per heavy atom. The lowest BCUT2D eigenvalue weighted by molar-refractivity contribution is -0.200. The van der Waals surface area contributed by atoms with Crippen LogP contribution in [-0.2, 0) is 9.53 Å². The quantitative estimate of drug-likeness (QED) is 0.839. The molecule has 2 fully saturated rings. The first-order valence-electron chi connectivity index (χ1n) is 6.54. The summed E-state index contributed by atoms with van der Waals surface area (Å²) in [4.78, 5) is 13.8. The van der Waals surface area contributed by atoms with Gasteiger partial charge in [-0.15, -0.1) is 0 Å². The van der Waals surface area contributed by atoms with Crippen LogP contribution in [0.25, 0.3) is 0 Å². The zero-order valence-corrected chi connectivity index (χ0v) is 10.5. The normalized spacial score (nSPS) is 31.2. The number of hydrogen-bond acceptors (Lipinski definition) is 3. The second kappa shape index (κ2) is 4.90. The molecule has 0 spiro atoms. The van der Waals surface area contributed by atoms with Crippen molar-refractivity contribution in [3.8, 4) is 0 Å². The summed E-state index contributed by atoms with van der Waals surface area (Å²) < 4.78 is 18.1. The topological polar surface area (TPSA) is 49.8 Å². The fourth-order valence-corrected chi connectivity index (χ4v) is 2.99. The molecule has 4 nitrogen and oxygen atoms in total. The van der Waals surface area contributed by atoms with E-state index < -0.39 is 6.29 Å². The van der Waals surface area contributed by atoms with E-state index in [0.29, 0.717) is 6.61 Å². The van der Waals surface area contributed by atoms with E-state index in [1.165, 1.54) is 12.1 Å². The molecule has 1 aromatic rings. The van der Waals surface area contributed by atoms with Crippen LogP contribution in [0.15, 0.2) is 24.3 Å². The van der Waals surface area contributed by atoms with Gasteiger partial charge in [0, 0.05) is 0 Å². The van der Waals surface area contributed by atoms with Crippen molar-refractivity contribution in [2.24, 2.45) is 0 Å². The zero-order valence-electron chi connectivity index (χ0n) is 10.5. The number of morpholine rings is 1. The molecule has 2 saturated heterocycles. The molecule has 0 radical (unpaired) electrons. The van der Waals surface area contributed by atoms with Crippen LogP contribution in [0.1, 0.15) is 30.9 Å². The minimum atomic E-state index is -1.36. The lowest BCUT2D eigenvalue weighted by Crippen LogP contribution is -2.56. The fourth-order valence-electron chi connectivity index (χ4n) is 2.99. The van der Waals surface area contributed by atoms with E-state index in [4.69, 9.17) is 4.74 Å². The van der Waals surface area contributed by atoms with Crippen molar-refractivity contribution in [1.29, 1.82) is 0 Å². The van der Waals surface area contributed by atoms with Crippen LogP contribution < -0.4 is 0 Å². The summed E-state index contributed by atoms with van der Waals surface area (Å²) in [5.41, 5.74) is 0.911. The molecule has 3 rings (SSSR count). The largest absolute Gasteiger partial charge is 0.361 e. The van der Waals surface area contributed by atoms with E-state index in [1.807, 2.05) is 0 Å². The summed E-state index contributed by atoms with van der Waals surface area (Å²) in [7, 11) is 0. The number of aliphatic hydroxyl groups excluding tert-OH is 1. The average Bonchev–Trinajstić information content (AvgIpc) is 2.43.